The molecule has 0 aliphatic carbocycles. The summed E-state index contributed by atoms with van der Waals surface area (Å²) in [5, 5.41) is 34.7. The average molecular weight is 534 g/mol. The molecule has 0 aromatic heterocycles. The van der Waals surface area contributed by atoms with Crippen molar-refractivity contribution in [3.63, 3.8) is 0 Å². The van der Waals surface area contributed by atoms with Crippen molar-refractivity contribution in [1.29, 1.82) is 0 Å². The molecule has 0 radical (unpaired) electrons. The maximum atomic E-state index is 13.2. The molecule has 0 unspecified atom stereocenters. The molecule has 0 fully saturated rings. The number of phenolic OH excluding ortho intramolecular Hbond substituents is 2. The predicted octanol–water partition coefficient (Wildman–Crippen LogP) is 5.17. The highest BCUT2D eigenvalue weighted by Gasteiger charge is 2.19. The molecule has 0 bridgehead atoms. The first-order chi connectivity index (χ1) is 19.5. The molecular formula is C34H35N3O3. The van der Waals surface area contributed by atoms with Crippen molar-refractivity contribution in [2.24, 2.45) is 0 Å². The minimum atomic E-state index is -0.349. The second kappa shape index (κ2) is 12.6. The zero-order chi connectivity index (χ0) is 27.9. The molecule has 0 heterocycles. The highest BCUT2D eigenvalue weighted by molar-refractivity contribution is 5.95. The van der Waals surface area contributed by atoms with E-state index in [-0.39, 0.29) is 35.1 Å². The number of amides is 1. The van der Waals surface area contributed by atoms with Crippen molar-refractivity contribution in [3.8, 4) is 11.5 Å². The molecule has 5 aromatic rings. The SMILES string of the molecule is CNC[C@H](Cc1ccc2ccccc2c1)NC[C@H](Cc1cccc2ccccc12)NC(=O)c1cc(O)cc(O)c1. The van der Waals surface area contributed by atoms with Gasteiger partial charge in [0.2, 0.25) is 0 Å². The molecule has 0 spiro atoms. The van der Waals surface area contributed by atoms with Crippen molar-refractivity contribution in [2.45, 2.75) is 24.9 Å². The van der Waals surface area contributed by atoms with Crippen molar-refractivity contribution >= 4 is 27.5 Å². The molecule has 2 atom stereocenters. The van der Waals surface area contributed by atoms with E-state index in [1.54, 1.807) is 0 Å². The molecule has 0 saturated heterocycles. The van der Waals surface area contributed by atoms with Crippen LogP contribution in [0.5, 0.6) is 11.5 Å². The Morgan fingerprint density at radius 2 is 1.40 bits per heavy atom. The normalized spacial score (nSPS) is 12.8. The van der Waals surface area contributed by atoms with Crippen LogP contribution in [0.3, 0.4) is 0 Å². The maximum absolute atomic E-state index is 13.2. The summed E-state index contributed by atoms with van der Waals surface area (Å²) in [6, 6.07) is 33.3. The lowest BCUT2D eigenvalue weighted by Crippen LogP contribution is -2.48. The first-order valence-electron chi connectivity index (χ1n) is 13.6. The lowest BCUT2D eigenvalue weighted by Gasteiger charge is -2.25. The number of phenols is 2. The van der Waals surface area contributed by atoms with Crippen LogP contribution in [0.4, 0.5) is 0 Å². The number of benzene rings is 5. The van der Waals surface area contributed by atoms with E-state index in [1.165, 1.54) is 34.5 Å². The van der Waals surface area contributed by atoms with Crippen molar-refractivity contribution < 1.29 is 15.0 Å². The number of rotatable bonds is 11. The fraction of sp³-hybridized carbons (Fsp3) is 0.206. The number of carbonyl (C=O) groups excluding carboxylic acids is 1. The molecule has 0 aliphatic rings. The second-order valence-corrected chi connectivity index (χ2v) is 10.3. The molecule has 5 aromatic carbocycles. The van der Waals surface area contributed by atoms with E-state index in [9.17, 15) is 15.0 Å². The zero-order valence-corrected chi connectivity index (χ0v) is 22.6. The van der Waals surface area contributed by atoms with Gasteiger partial charge in [0, 0.05) is 36.8 Å². The molecule has 6 nitrogen and oxygen atoms in total. The third-order valence-corrected chi connectivity index (χ3v) is 7.25. The van der Waals surface area contributed by atoms with E-state index in [0.29, 0.717) is 13.0 Å². The van der Waals surface area contributed by atoms with Gasteiger partial charge in [0.15, 0.2) is 0 Å². The Morgan fingerprint density at radius 3 is 2.17 bits per heavy atom. The van der Waals surface area contributed by atoms with Crippen LogP contribution in [0.15, 0.2) is 103 Å². The minimum Gasteiger partial charge on any atom is -0.508 e. The molecule has 5 N–H and O–H groups in total. The van der Waals surface area contributed by atoms with Gasteiger partial charge in [-0.25, -0.2) is 0 Å². The van der Waals surface area contributed by atoms with E-state index >= 15 is 0 Å². The fourth-order valence-corrected chi connectivity index (χ4v) is 5.33. The van der Waals surface area contributed by atoms with E-state index in [1.807, 2.05) is 25.2 Å². The number of nitrogens with one attached hydrogen (secondary N) is 3. The average Bonchev–Trinajstić information content (AvgIpc) is 2.95. The third-order valence-electron chi connectivity index (χ3n) is 7.25. The number of likely N-dealkylation sites (N-methyl/N-ethyl adjacent to an activating group) is 1. The lowest BCUT2D eigenvalue weighted by molar-refractivity contribution is 0.0935. The van der Waals surface area contributed by atoms with Crippen molar-refractivity contribution in [1.82, 2.24) is 16.0 Å². The van der Waals surface area contributed by atoms with Crippen LogP contribution in [-0.4, -0.2) is 48.3 Å². The van der Waals surface area contributed by atoms with Crippen LogP contribution >= 0.6 is 0 Å². The molecule has 40 heavy (non-hydrogen) atoms. The Labute approximate surface area is 234 Å². The summed E-state index contributed by atoms with van der Waals surface area (Å²) in [4.78, 5) is 13.2. The van der Waals surface area contributed by atoms with Gasteiger partial charge >= 0.3 is 0 Å². The van der Waals surface area contributed by atoms with Crippen LogP contribution in [0, 0.1) is 0 Å². The summed E-state index contributed by atoms with van der Waals surface area (Å²) < 4.78 is 0. The van der Waals surface area contributed by atoms with Crippen molar-refractivity contribution in [2.75, 3.05) is 20.1 Å². The largest absolute Gasteiger partial charge is 0.508 e. The highest BCUT2D eigenvalue weighted by Crippen LogP contribution is 2.22. The Kier molecular flexibility index (Phi) is 8.59. The van der Waals surface area contributed by atoms with E-state index < -0.39 is 0 Å². The Bertz CT molecular complexity index is 1590. The third kappa shape index (κ3) is 6.78. The minimum absolute atomic E-state index is 0.142. The summed E-state index contributed by atoms with van der Waals surface area (Å²) in [6.45, 7) is 1.31. The Morgan fingerprint density at radius 1 is 0.700 bits per heavy atom. The molecule has 204 valence electrons. The molecule has 0 saturated carbocycles. The Balaban J connectivity index is 1.36. The number of carbonyl (C=O) groups is 1. The zero-order valence-electron chi connectivity index (χ0n) is 22.6. The monoisotopic (exact) mass is 533 g/mol. The summed E-state index contributed by atoms with van der Waals surface area (Å²) in [7, 11) is 1.94. The number of hydrogen-bond donors (Lipinski definition) is 5. The number of hydrogen-bond acceptors (Lipinski definition) is 5. The topological polar surface area (TPSA) is 93.6 Å². The molecule has 1 amide bonds. The van der Waals surface area contributed by atoms with Crippen LogP contribution < -0.4 is 16.0 Å². The smallest absolute Gasteiger partial charge is 0.251 e. The number of aromatic hydroxyl groups is 2. The van der Waals surface area contributed by atoms with Gasteiger partial charge in [-0.2, -0.15) is 0 Å². The molecule has 5 rings (SSSR count). The van der Waals surface area contributed by atoms with Crippen LogP contribution in [-0.2, 0) is 12.8 Å². The summed E-state index contributed by atoms with van der Waals surface area (Å²) in [5.74, 6) is -0.658. The van der Waals surface area contributed by atoms with Crippen LogP contribution in [0.1, 0.15) is 21.5 Å². The molecule has 6 heteroatoms. The first kappa shape index (κ1) is 27.2. The Hall–Kier alpha value is -4.39. The molecule has 0 aliphatic heterocycles. The van der Waals surface area contributed by atoms with E-state index in [0.717, 1.165) is 29.3 Å². The van der Waals surface area contributed by atoms with Crippen LogP contribution in [0.25, 0.3) is 21.5 Å². The lowest BCUT2D eigenvalue weighted by atomic mass is 9.97. The first-order valence-corrected chi connectivity index (χ1v) is 13.6. The van der Waals surface area contributed by atoms with E-state index in [4.69, 9.17) is 0 Å². The number of fused-ring (bicyclic) bond motifs is 2. The fourth-order valence-electron chi connectivity index (χ4n) is 5.33. The van der Waals surface area contributed by atoms with Gasteiger partial charge in [-0.3, -0.25) is 4.79 Å². The van der Waals surface area contributed by atoms with Gasteiger partial charge in [0.05, 0.1) is 0 Å². The summed E-state index contributed by atoms with van der Waals surface area (Å²) in [5.41, 5.74) is 2.60. The van der Waals surface area contributed by atoms with Gasteiger partial charge in [0.25, 0.3) is 5.91 Å². The second-order valence-electron chi connectivity index (χ2n) is 10.3. The highest BCUT2D eigenvalue weighted by atomic mass is 16.3. The van der Waals surface area contributed by atoms with Gasteiger partial charge < -0.3 is 26.2 Å². The van der Waals surface area contributed by atoms with Gasteiger partial charge in [-0.1, -0.05) is 84.9 Å². The van der Waals surface area contributed by atoms with Crippen LogP contribution in [0.2, 0.25) is 0 Å². The maximum Gasteiger partial charge on any atom is 0.251 e. The molecular weight excluding hydrogens is 498 g/mol. The van der Waals surface area contributed by atoms with Gasteiger partial charge in [-0.15, -0.1) is 0 Å². The van der Waals surface area contributed by atoms with Gasteiger partial charge in [-0.05, 0) is 64.7 Å². The van der Waals surface area contributed by atoms with Crippen molar-refractivity contribution in [3.05, 3.63) is 120 Å². The summed E-state index contributed by atoms with van der Waals surface area (Å²) in [6.07, 6.45) is 1.45. The van der Waals surface area contributed by atoms with Gasteiger partial charge in [0.1, 0.15) is 11.5 Å². The van der Waals surface area contributed by atoms with E-state index in [2.05, 4.69) is 82.7 Å². The standard InChI is InChI=1S/C34H35N3O3/c1-35-21-29(16-23-13-14-24-7-2-3-9-26(24)15-23)36-22-30(37-34(40)28-18-31(38)20-32(39)19-28)17-27-11-6-10-25-8-4-5-12-33(25)27/h2-15,18-20,29-30,35-36,38-39H,16-17,21-22H2,1H3,(H,37,40)/t29-,30-/m0/s1. The quantitative estimate of drug-likeness (QED) is 0.162. The predicted molar refractivity (Wildman–Crippen MR) is 162 cm³/mol. The summed E-state index contributed by atoms with van der Waals surface area (Å²) >= 11 is 0.